The number of hydrogen-bond acceptors (Lipinski definition) is 4. The Kier molecular flexibility index (Phi) is 5.34. The second-order valence-corrected chi connectivity index (χ2v) is 11.3. The summed E-state index contributed by atoms with van der Waals surface area (Å²) in [4.78, 5) is 22.4. The highest BCUT2D eigenvalue weighted by molar-refractivity contribution is 8.14. The molecule has 2 unspecified atom stereocenters. The van der Waals surface area contributed by atoms with E-state index in [4.69, 9.17) is 0 Å². The quantitative estimate of drug-likeness (QED) is 0.738. The molecule has 4 rings (SSSR count). The summed E-state index contributed by atoms with van der Waals surface area (Å²) in [5, 5.41) is 1.38. The average Bonchev–Trinajstić information content (AvgIpc) is 2.62. The van der Waals surface area contributed by atoms with Crippen molar-refractivity contribution in [1.29, 1.82) is 0 Å². The third kappa shape index (κ3) is 4.16. The minimum absolute atomic E-state index is 0.0279. The van der Waals surface area contributed by atoms with Crippen molar-refractivity contribution in [2.45, 2.75) is 64.3 Å². The molecular weight excluding hydrogens is 366 g/mol. The van der Waals surface area contributed by atoms with Gasteiger partial charge in [0.25, 0.3) is 5.91 Å². The third-order valence-corrected chi connectivity index (χ3v) is 7.96. The summed E-state index contributed by atoms with van der Waals surface area (Å²) in [5.74, 6) is 0.231. The van der Waals surface area contributed by atoms with Crippen molar-refractivity contribution < 1.29 is 4.79 Å². The molecule has 4 nitrogen and oxygen atoms in total. The Hall–Kier alpha value is -1.33. The topological polar surface area (TPSA) is 35.9 Å². The molecule has 2 heterocycles. The molecule has 2 fully saturated rings. The smallest absolute Gasteiger partial charge is 0.252 e. The van der Waals surface area contributed by atoms with Gasteiger partial charge in [-0.15, -0.1) is 0 Å². The Labute approximate surface area is 173 Å². The Balaban J connectivity index is 1.46. The Morgan fingerprint density at radius 1 is 1.14 bits per heavy atom. The number of benzene rings is 1. The maximum Gasteiger partial charge on any atom is 0.252 e. The summed E-state index contributed by atoms with van der Waals surface area (Å²) in [6, 6.07) is 10.7. The van der Waals surface area contributed by atoms with E-state index in [1.54, 1.807) is 0 Å². The number of fused-ring (bicyclic) bond motifs is 1. The van der Waals surface area contributed by atoms with E-state index in [-0.39, 0.29) is 22.8 Å². The standard InChI is InChI=1S/C23H33N3OS/c1-22(2)11-10-19-18(14-22)20(27)24-21(28-19)26-13-12-25(16-23(26,3)4)15-17-8-6-5-7-9-17/h5-9,18-19H,10-16H2,1-4H3. The van der Waals surface area contributed by atoms with Gasteiger partial charge in [-0.2, -0.15) is 4.99 Å². The van der Waals surface area contributed by atoms with Gasteiger partial charge in [0.1, 0.15) is 0 Å². The minimum atomic E-state index is -0.0279. The van der Waals surface area contributed by atoms with Crippen LogP contribution in [0.2, 0.25) is 0 Å². The van der Waals surface area contributed by atoms with Crippen LogP contribution in [0.4, 0.5) is 0 Å². The fourth-order valence-electron chi connectivity index (χ4n) is 5.00. The third-order valence-electron chi connectivity index (χ3n) is 6.57. The van der Waals surface area contributed by atoms with E-state index < -0.39 is 0 Å². The van der Waals surface area contributed by atoms with Gasteiger partial charge in [0.05, 0.1) is 5.92 Å². The van der Waals surface area contributed by atoms with Crippen LogP contribution in [0.25, 0.3) is 0 Å². The lowest BCUT2D eigenvalue weighted by molar-refractivity contribution is -0.123. The van der Waals surface area contributed by atoms with Crippen molar-refractivity contribution >= 4 is 22.8 Å². The lowest BCUT2D eigenvalue weighted by Crippen LogP contribution is -2.61. The second-order valence-electron chi connectivity index (χ2n) is 10.1. The molecule has 28 heavy (non-hydrogen) atoms. The number of hydrogen-bond donors (Lipinski definition) is 0. The molecule has 1 saturated carbocycles. The van der Waals surface area contributed by atoms with Crippen molar-refractivity contribution in [2.75, 3.05) is 19.6 Å². The number of carbonyl (C=O) groups excluding carboxylic acids is 1. The molecule has 1 aromatic carbocycles. The highest BCUT2D eigenvalue weighted by Gasteiger charge is 2.45. The molecule has 1 aromatic rings. The average molecular weight is 400 g/mol. The molecule has 0 radical (unpaired) electrons. The molecule has 1 saturated heterocycles. The summed E-state index contributed by atoms with van der Waals surface area (Å²) < 4.78 is 0. The predicted molar refractivity (Wildman–Crippen MR) is 117 cm³/mol. The first kappa shape index (κ1) is 20.0. The molecule has 0 aromatic heterocycles. The summed E-state index contributed by atoms with van der Waals surface area (Å²) in [6.07, 6.45) is 3.31. The van der Waals surface area contributed by atoms with Crippen LogP contribution in [-0.4, -0.2) is 51.3 Å². The van der Waals surface area contributed by atoms with Crippen molar-refractivity contribution in [3.8, 4) is 0 Å². The molecular formula is C23H33N3OS. The van der Waals surface area contributed by atoms with Crippen molar-refractivity contribution in [2.24, 2.45) is 16.3 Å². The monoisotopic (exact) mass is 399 g/mol. The van der Waals surface area contributed by atoms with Crippen LogP contribution in [0, 0.1) is 11.3 Å². The first-order chi connectivity index (χ1) is 13.2. The Morgan fingerprint density at radius 3 is 2.61 bits per heavy atom. The van der Waals surface area contributed by atoms with E-state index in [0.717, 1.165) is 44.2 Å². The number of rotatable bonds is 2. The molecule has 0 spiro atoms. The minimum Gasteiger partial charge on any atom is -0.343 e. The lowest BCUT2D eigenvalue weighted by Gasteiger charge is -2.50. The van der Waals surface area contributed by atoms with Gasteiger partial charge in [-0.25, -0.2) is 0 Å². The van der Waals surface area contributed by atoms with Crippen LogP contribution in [0.5, 0.6) is 0 Å². The fourth-order valence-corrected chi connectivity index (χ4v) is 6.49. The van der Waals surface area contributed by atoms with E-state index >= 15 is 0 Å². The van der Waals surface area contributed by atoms with Gasteiger partial charge in [0.15, 0.2) is 5.17 Å². The number of amidine groups is 1. The number of aliphatic imine (C=N–C) groups is 1. The first-order valence-electron chi connectivity index (χ1n) is 10.6. The molecule has 1 aliphatic carbocycles. The lowest BCUT2D eigenvalue weighted by atomic mass is 9.71. The van der Waals surface area contributed by atoms with Crippen molar-refractivity contribution in [3.63, 3.8) is 0 Å². The molecule has 3 aliphatic rings. The number of piperazine rings is 1. The first-order valence-corrected chi connectivity index (χ1v) is 11.4. The van der Waals surface area contributed by atoms with Gasteiger partial charge in [-0.1, -0.05) is 55.9 Å². The van der Waals surface area contributed by atoms with Gasteiger partial charge in [0, 0.05) is 37.0 Å². The number of nitrogens with zero attached hydrogens (tertiary/aromatic N) is 3. The number of amides is 1. The zero-order chi connectivity index (χ0) is 19.9. The normalized spacial score (nSPS) is 29.9. The molecule has 0 bridgehead atoms. The predicted octanol–water partition coefficient (Wildman–Crippen LogP) is 4.41. The highest BCUT2D eigenvalue weighted by atomic mass is 32.2. The van der Waals surface area contributed by atoms with Gasteiger partial charge in [0.2, 0.25) is 0 Å². The van der Waals surface area contributed by atoms with Crippen LogP contribution in [-0.2, 0) is 11.3 Å². The summed E-state index contributed by atoms with van der Waals surface area (Å²) in [5.41, 5.74) is 1.60. The zero-order valence-electron chi connectivity index (χ0n) is 17.6. The second kappa shape index (κ2) is 7.49. The van der Waals surface area contributed by atoms with Crippen LogP contribution >= 0.6 is 11.8 Å². The molecule has 2 atom stereocenters. The van der Waals surface area contributed by atoms with E-state index in [0.29, 0.717) is 5.25 Å². The number of thioether (sulfide) groups is 1. The molecule has 152 valence electrons. The van der Waals surface area contributed by atoms with E-state index in [9.17, 15) is 4.79 Å². The van der Waals surface area contributed by atoms with Crippen LogP contribution in [0.1, 0.15) is 52.5 Å². The van der Waals surface area contributed by atoms with Gasteiger partial charge >= 0.3 is 0 Å². The highest BCUT2D eigenvalue weighted by Crippen LogP contribution is 2.46. The van der Waals surface area contributed by atoms with E-state index in [1.807, 2.05) is 11.8 Å². The summed E-state index contributed by atoms with van der Waals surface area (Å²) >= 11 is 1.87. The molecule has 1 amide bonds. The van der Waals surface area contributed by atoms with E-state index in [2.05, 4.69) is 72.8 Å². The molecule has 0 N–H and O–H groups in total. The van der Waals surface area contributed by atoms with Crippen molar-refractivity contribution in [1.82, 2.24) is 9.80 Å². The fraction of sp³-hybridized carbons (Fsp3) is 0.652. The maximum atomic E-state index is 12.8. The number of carbonyl (C=O) groups is 1. The molecule has 5 heteroatoms. The maximum absolute atomic E-state index is 12.8. The van der Waals surface area contributed by atoms with Gasteiger partial charge in [-0.05, 0) is 44.1 Å². The SMILES string of the molecule is CC1(C)CCC2SC(N3CCN(Cc4ccccc4)CC3(C)C)=NC(=O)C2C1. The van der Waals surface area contributed by atoms with E-state index in [1.165, 1.54) is 12.0 Å². The summed E-state index contributed by atoms with van der Waals surface area (Å²) in [6.45, 7) is 13.1. The Bertz CT molecular complexity index is 758. The van der Waals surface area contributed by atoms with Crippen molar-refractivity contribution in [3.05, 3.63) is 35.9 Å². The van der Waals surface area contributed by atoms with Gasteiger partial charge < -0.3 is 4.90 Å². The van der Waals surface area contributed by atoms with Crippen LogP contribution in [0.3, 0.4) is 0 Å². The molecule has 2 aliphatic heterocycles. The van der Waals surface area contributed by atoms with Crippen LogP contribution < -0.4 is 0 Å². The zero-order valence-corrected chi connectivity index (χ0v) is 18.5. The Morgan fingerprint density at radius 2 is 1.89 bits per heavy atom. The van der Waals surface area contributed by atoms with Crippen LogP contribution in [0.15, 0.2) is 35.3 Å². The summed E-state index contributed by atoms with van der Waals surface area (Å²) in [7, 11) is 0. The van der Waals surface area contributed by atoms with Gasteiger partial charge in [-0.3, -0.25) is 9.69 Å². The largest absolute Gasteiger partial charge is 0.343 e.